The largest absolute Gasteiger partial charge is 0.392 e. The van der Waals surface area contributed by atoms with E-state index in [0.29, 0.717) is 18.1 Å². The van der Waals surface area contributed by atoms with E-state index in [1.54, 1.807) is 0 Å². The summed E-state index contributed by atoms with van der Waals surface area (Å²) < 4.78 is 5.89. The number of hydrogen-bond donors (Lipinski definition) is 1. The fourth-order valence-electron chi connectivity index (χ4n) is 3.46. The van der Waals surface area contributed by atoms with Crippen LogP contribution in [0.4, 0.5) is 0 Å². The van der Waals surface area contributed by atoms with Gasteiger partial charge >= 0.3 is 0 Å². The molecule has 4 nitrogen and oxygen atoms in total. The van der Waals surface area contributed by atoms with E-state index in [1.807, 2.05) is 25.7 Å². The van der Waals surface area contributed by atoms with Crippen molar-refractivity contribution < 1.29 is 9.53 Å². The van der Waals surface area contributed by atoms with Gasteiger partial charge in [-0.3, -0.25) is 4.79 Å². The number of hydrogen-bond acceptors (Lipinski definition) is 3. The second-order valence-electron chi connectivity index (χ2n) is 6.82. The summed E-state index contributed by atoms with van der Waals surface area (Å²) >= 11 is 5.29. The highest BCUT2D eigenvalue weighted by atomic mass is 32.1. The van der Waals surface area contributed by atoms with Crippen molar-refractivity contribution in [3.05, 3.63) is 0 Å². The average molecular weight is 314 g/mol. The molecule has 1 atom stereocenters. The van der Waals surface area contributed by atoms with Crippen LogP contribution in [-0.4, -0.2) is 40.6 Å². The zero-order valence-corrected chi connectivity index (χ0v) is 14.9. The monoisotopic (exact) mass is 314 g/mol. The lowest BCUT2D eigenvalue weighted by Crippen LogP contribution is -2.59. The highest BCUT2D eigenvalue weighted by Gasteiger charge is 2.45. The van der Waals surface area contributed by atoms with Crippen LogP contribution >= 0.6 is 12.2 Å². The minimum Gasteiger partial charge on any atom is -0.392 e. The van der Waals surface area contributed by atoms with E-state index in [9.17, 15) is 4.79 Å². The molecule has 21 heavy (non-hydrogen) atoms. The zero-order valence-electron chi connectivity index (χ0n) is 14.1. The van der Waals surface area contributed by atoms with Gasteiger partial charge in [-0.05, 0) is 33.6 Å². The van der Waals surface area contributed by atoms with Gasteiger partial charge < -0.3 is 15.4 Å². The standard InChI is InChI=1S/C16H30N2O2S/c1-6-8-16(9-7-2,13(17)21)14(19)18-10-12(3)20-15(4,5)11-18/h12H,6-11H2,1-5H3,(H2,17,21). The molecule has 1 fully saturated rings. The van der Waals surface area contributed by atoms with Crippen molar-refractivity contribution >= 4 is 23.1 Å². The number of amides is 1. The van der Waals surface area contributed by atoms with Crippen LogP contribution in [0.25, 0.3) is 0 Å². The fourth-order valence-corrected chi connectivity index (χ4v) is 3.75. The number of rotatable bonds is 6. The molecule has 1 rings (SSSR count). The molecule has 0 bridgehead atoms. The molecule has 0 radical (unpaired) electrons. The Morgan fingerprint density at radius 3 is 2.29 bits per heavy atom. The molecule has 1 unspecified atom stereocenters. The van der Waals surface area contributed by atoms with E-state index in [2.05, 4.69) is 13.8 Å². The Hall–Kier alpha value is -0.680. The summed E-state index contributed by atoms with van der Waals surface area (Å²) in [5.74, 6) is 0.0851. The van der Waals surface area contributed by atoms with Gasteiger partial charge in [0, 0.05) is 13.1 Å². The van der Waals surface area contributed by atoms with Crippen molar-refractivity contribution in [2.24, 2.45) is 11.1 Å². The molecule has 0 aromatic rings. The Labute approximate surface area is 134 Å². The Morgan fingerprint density at radius 1 is 1.38 bits per heavy atom. The van der Waals surface area contributed by atoms with Crippen molar-refractivity contribution in [3.8, 4) is 0 Å². The van der Waals surface area contributed by atoms with E-state index in [4.69, 9.17) is 22.7 Å². The summed E-state index contributed by atoms with van der Waals surface area (Å²) in [5.41, 5.74) is 4.99. The predicted octanol–water partition coefficient (Wildman–Crippen LogP) is 2.89. The zero-order chi connectivity index (χ0) is 16.3. The second-order valence-corrected chi connectivity index (χ2v) is 7.26. The highest BCUT2D eigenvalue weighted by molar-refractivity contribution is 7.80. The number of carbonyl (C=O) groups is 1. The number of nitrogens with zero attached hydrogens (tertiary/aromatic N) is 1. The molecule has 122 valence electrons. The Bertz CT molecular complexity index is 390. The van der Waals surface area contributed by atoms with Gasteiger partial charge in [-0.15, -0.1) is 0 Å². The molecule has 0 aromatic heterocycles. The van der Waals surface area contributed by atoms with Gasteiger partial charge in [0.05, 0.1) is 22.1 Å². The first-order valence-corrected chi connectivity index (χ1v) is 8.36. The summed E-state index contributed by atoms with van der Waals surface area (Å²) in [7, 11) is 0. The van der Waals surface area contributed by atoms with Gasteiger partial charge in [-0.25, -0.2) is 0 Å². The number of morpholine rings is 1. The summed E-state index contributed by atoms with van der Waals surface area (Å²) in [4.78, 5) is 15.4. The van der Waals surface area contributed by atoms with E-state index < -0.39 is 5.41 Å². The lowest BCUT2D eigenvalue weighted by Gasteiger charge is -2.45. The average Bonchev–Trinajstić information content (AvgIpc) is 2.34. The van der Waals surface area contributed by atoms with E-state index in [-0.39, 0.29) is 17.6 Å². The summed E-state index contributed by atoms with van der Waals surface area (Å²) in [6.07, 6.45) is 3.27. The molecule has 1 amide bonds. The molecule has 1 heterocycles. The molecular weight excluding hydrogens is 284 g/mol. The van der Waals surface area contributed by atoms with E-state index in [1.165, 1.54) is 0 Å². The molecule has 1 aliphatic rings. The summed E-state index contributed by atoms with van der Waals surface area (Å²) in [5, 5.41) is 0. The van der Waals surface area contributed by atoms with E-state index >= 15 is 0 Å². The van der Waals surface area contributed by atoms with Gasteiger partial charge in [0.25, 0.3) is 0 Å². The third-order valence-corrected chi connectivity index (χ3v) is 4.48. The van der Waals surface area contributed by atoms with Crippen LogP contribution in [0.1, 0.15) is 60.3 Å². The van der Waals surface area contributed by atoms with Gasteiger partial charge in [0.1, 0.15) is 0 Å². The van der Waals surface area contributed by atoms with E-state index in [0.717, 1.165) is 25.7 Å². The lowest BCUT2D eigenvalue weighted by atomic mass is 9.77. The maximum absolute atomic E-state index is 13.2. The molecule has 2 N–H and O–H groups in total. The van der Waals surface area contributed by atoms with Crippen LogP contribution in [0, 0.1) is 5.41 Å². The fraction of sp³-hybridized carbons (Fsp3) is 0.875. The number of ether oxygens (including phenoxy) is 1. The minimum absolute atomic E-state index is 0.0324. The molecule has 1 aliphatic heterocycles. The number of carbonyl (C=O) groups excluding carboxylic acids is 1. The number of thiocarbonyl (C=S) groups is 1. The third kappa shape index (κ3) is 4.16. The van der Waals surface area contributed by atoms with Gasteiger partial charge in [-0.2, -0.15) is 0 Å². The van der Waals surface area contributed by atoms with Crippen molar-refractivity contribution in [2.45, 2.75) is 72.0 Å². The van der Waals surface area contributed by atoms with Gasteiger partial charge in [-0.1, -0.05) is 38.9 Å². The van der Waals surface area contributed by atoms with Crippen LogP contribution in [0.5, 0.6) is 0 Å². The third-order valence-electron chi connectivity index (χ3n) is 4.09. The second kappa shape index (κ2) is 7.05. The predicted molar refractivity (Wildman–Crippen MR) is 90.2 cm³/mol. The van der Waals surface area contributed by atoms with Crippen molar-refractivity contribution in [3.63, 3.8) is 0 Å². The molecule has 0 aliphatic carbocycles. The minimum atomic E-state index is -0.689. The Kier molecular flexibility index (Phi) is 6.17. The Morgan fingerprint density at radius 2 is 1.90 bits per heavy atom. The van der Waals surface area contributed by atoms with Gasteiger partial charge in [0.15, 0.2) is 0 Å². The maximum atomic E-state index is 13.2. The summed E-state index contributed by atoms with van der Waals surface area (Å²) in [6.45, 7) is 11.4. The quantitative estimate of drug-likeness (QED) is 0.766. The first-order valence-electron chi connectivity index (χ1n) is 7.95. The van der Waals surface area contributed by atoms with Gasteiger partial charge in [0.2, 0.25) is 5.91 Å². The SMILES string of the molecule is CCCC(CCC)(C(=O)N1CC(C)OC(C)(C)C1)C(N)=S. The van der Waals surface area contributed by atoms with Crippen molar-refractivity contribution in [1.29, 1.82) is 0 Å². The normalized spacial score (nSPS) is 22.1. The first kappa shape index (κ1) is 18.4. The van der Waals surface area contributed by atoms with Crippen LogP contribution in [0.3, 0.4) is 0 Å². The van der Waals surface area contributed by atoms with Crippen LogP contribution < -0.4 is 5.73 Å². The molecule has 5 heteroatoms. The smallest absolute Gasteiger partial charge is 0.235 e. The van der Waals surface area contributed by atoms with Crippen LogP contribution in [0.2, 0.25) is 0 Å². The molecule has 1 saturated heterocycles. The maximum Gasteiger partial charge on any atom is 0.235 e. The Balaban J connectivity index is 3.07. The lowest BCUT2D eigenvalue weighted by molar-refractivity contribution is -0.164. The molecular formula is C16H30N2O2S. The molecule has 0 aromatic carbocycles. The summed E-state index contributed by atoms with van der Waals surface area (Å²) in [6, 6.07) is 0. The molecule has 0 saturated carbocycles. The molecule has 0 spiro atoms. The number of nitrogens with two attached hydrogens (primary N) is 1. The van der Waals surface area contributed by atoms with Crippen LogP contribution in [-0.2, 0) is 9.53 Å². The topological polar surface area (TPSA) is 55.6 Å². The first-order chi connectivity index (χ1) is 9.68. The highest BCUT2D eigenvalue weighted by Crippen LogP contribution is 2.35. The van der Waals surface area contributed by atoms with Crippen LogP contribution in [0.15, 0.2) is 0 Å². The van der Waals surface area contributed by atoms with Crippen molar-refractivity contribution in [1.82, 2.24) is 4.90 Å². The van der Waals surface area contributed by atoms with Crippen molar-refractivity contribution in [2.75, 3.05) is 13.1 Å².